The van der Waals surface area contributed by atoms with E-state index < -0.39 is 0 Å². The summed E-state index contributed by atoms with van der Waals surface area (Å²) in [5.74, 6) is 5.35. The summed E-state index contributed by atoms with van der Waals surface area (Å²) in [5, 5.41) is 0. The molecular weight excluding hydrogens is 319 g/mol. The third-order valence-corrected chi connectivity index (χ3v) is 3.75. The maximum absolute atomic E-state index is 14.0. The molecule has 20 heavy (non-hydrogen) atoms. The highest BCUT2D eigenvalue weighted by Gasteiger charge is 2.15. The van der Waals surface area contributed by atoms with E-state index in [1.165, 1.54) is 17.2 Å². The van der Waals surface area contributed by atoms with E-state index in [0.29, 0.717) is 12.0 Å². The molecule has 0 aliphatic rings. The standard InChI is InChI=1S/C16H18BrFN2/c1-10-5-11(2)7-12(6-10)8-16(20-19)14-4-3-13(17)9-15(14)18/h3-7,9,16,20H,8,19H2,1-2H3. The SMILES string of the molecule is Cc1cc(C)cc(CC(NN)c2ccc(Br)cc2F)c1. The maximum Gasteiger partial charge on any atom is 0.129 e. The lowest BCUT2D eigenvalue weighted by molar-refractivity contribution is 0.510. The van der Waals surface area contributed by atoms with Gasteiger partial charge in [0, 0.05) is 10.0 Å². The minimum absolute atomic E-state index is 0.246. The Hall–Kier alpha value is -1.23. The van der Waals surface area contributed by atoms with E-state index in [9.17, 15) is 4.39 Å². The zero-order valence-electron chi connectivity index (χ0n) is 11.6. The van der Waals surface area contributed by atoms with Gasteiger partial charge in [0.1, 0.15) is 5.82 Å². The Kier molecular flexibility index (Phi) is 4.91. The quantitative estimate of drug-likeness (QED) is 0.655. The number of hydrogen-bond acceptors (Lipinski definition) is 2. The summed E-state index contributed by atoms with van der Waals surface area (Å²) in [5.41, 5.74) is 6.84. The van der Waals surface area contributed by atoms with E-state index in [1.807, 2.05) is 6.07 Å². The van der Waals surface area contributed by atoms with Crippen LogP contribution in [-0.4, -0.2) is 0 Å². The minimum Gasteiger partial charge on any atom is -0.271 e. The Morgan fingerprint density at radius 3 is 2.35 bits per heavy atom. The van der Waals surface area contributed by atoms with E-state index in [4.69, 9.17) is 5.84 Å². The number of rotatable bonds is 4. The zero-order valence-corrected chi connectivity index (χ0v) is 13.2. The van der Waals surface area contributed by atoms with Crippen molar-refractivity contribution in [1.82, 2.24) is 5.43 Å². The molecule has 0 bridgehead atoms. The molecule has 0 fully saturated rings. The second-order valence-electron chi connectivity index (χ2n) is 5.09. The maximum atomic E-state index is 14.0. The van der Waals surface area contributed by atoms with Crippen LogP contribution in [0.3, 0.4) is 0 Å². The molecule has 0 amide bonds. The Bertz CT molecular complexity index is 593. The highest BCUT2D eigenvalue weighted by molar-refractivity contribution is 9.10. The normalized spacial score (nSPS) is 12.4. The lowest BCUT2D eigenvalue weighted by Gasteiger charge is -2.18. The van der Waals surface area contributed by atoms with Crippen LogP contribution in [0, 0.1) is 19.7 Å². The van der Waals surface area contributed by atoms with Gasteiger partial charge in [0.2, 0.25) is 0 Å². The van der Waals surface area contributed by atoms with Gasteiger partial charge in [-0.15, -0.1) is 0 Å². The number of hydrogen-bond donors (Lipinski definition) is 2. The van der Waals surface area contributed by atoms with Gasteiger partial charge in [-0.25, -0.2) is 4.39 Å². The molecule has 1 atom stereocenters. The molecule has 4 heteroatoms. The van der Waals surface area contributed by atoms with Gasteiger partial charge in [0.25, 0.3) is 0 Å². The molecule has 0 aromatic heterocycles. The molecule has 1 unspecified atom stereocenters. The molecule has 2 nitrogen and oxygen atoms in total. The predicted molar refractivity (Wildman–Crippen MR) is 83.8 cm³/mol. The topological polar surface area (TPSA) is 38.0 Å². The monoisotopic (exact) mass is 336 g/mol. The predicted octanol–water partition coefficient (Wildman–Crippen LogP) is 3.95. The average molecular weight is 337 g/mol. The Labute approximate surface area is 127 Å². The minimum atomic E-state index is -0.258. The molecule has 3 N–H and O–H groups in total. The van der Waals surface area contributed by atoms with Crippen LogP contribution in [0.5, 0.6) is 0 Å². The summed E-state index contributed by atoms with van der Waals surface area (Å²) < 4.78 is 14.7. The largest absolute Gasteiger partial charge is 0.271 e. The van der Waals surface area contributed by atoms with Gasteiger partial charge in [-0.05, 0) is 38.0 Å². The van der Waals surface area contributed by atoms with Crippen LogP contribution < -0.4 is 11.3 Å². The number of benzene rings is 2. The second kappa shape index (κ2) is 6.48. The summed E-state index contributed by atoms with van der Waals surface area (Å²) in [6.07, 6.45) is 0.650. The average Bonchev–Trinajstić information content (AvgIpc) is 2.35. The summed E-state index contributed by atoms with van der Waals surface area (Å²) in [7, 11) is 0. The molecule has 0 heterocycles. The van der Waals surface area contributed by atoms with Crippen LogP contribution in [-0.2, 0) is 6.42 Å². The molecule has 2 aromatic carbocycles. The van der Waals surface area contributed by atoms with Gasteiger partial charge in [-0.2, -0.15) is 0 Å². The molecule has 2 aromatic rings. The van der Waals surface area contributed by atoms with E-state index in [2.05, 4.69) is 53.4 Å². The van der Waals surface area contributed by atoms with E-state index in [1.54, 1.807) is 6.07 Å². The fraction of sp³-hybridized carbons (Fsp3) is 0.250. The van der Waals surface area contributed by atoms with Crippen molar-refractivity contribution in [1.29, 1.82) is 0 Å². The van der Waals surface area contributed by atoms with Gasteiger partial charge < -0.3 is 0 Å². The number of aryl methyl sites for hydroxylation is 2. The second-order valence-corrected chi connectivity index (χ2v) is 6.00. The van der Waals surface area contributed by atoms with E-state index in [-0.39, 0.29) is 11.9 Å². The van der Waals surface area contributed by atoms with Crippen LogP contribution in [0.25, 0.3) is 0 Å². The van der Waals surface area contributed by atoms with Crippen LogP contribution in [0.1, 0.15) is 28.3 Å². The van der Waals surface area contributed by atoms with Crippen molar-refractivity contribution in [3.05, 3.63) is 68.9 Å². The molecule has 0 saturated heterocycles. The molecular formula is C16H18BrFN2. The number of nitrogens with two attached hydrogens (primary N) is 1. The van der Waals surface area contributed by atoms with Crippen molar-refractivity contribution in [2.24, 2.45) is 5.84 Å². The number of halogens is 2. The Morgan fingerprint density at radius 1 is 1.15 bits per heavy atom. The van der Waals surface area contributed by atoms with Crippen LogP contribution >= 0.6 is 15.9 Å². The van der Waals surface area contributed by atoms with Crippen LogP contribution in [0.4, 0.5) is 4.39 Å². The van der Waals surface area contributed by atoms with E-state index in [0.717, 1.165) is 10.0 Å². The zero-order chi connectivity index (χ0) is 14.7. The third-order valence-electron chi connectivity index (χ3n) is 3.26. The molecule has 0 aliphatic heterocycles. The highest BCUT2D eigenvalue weighted by atomic mass is 79.9. The van der Waals surface area contributed by atoms with E-state index >= 15 is 0 Å². The van der Waals surface area contributed by atoms with Gasteiger partial charge in [0.05, 0.1) is 6.04 Å². The third kappa shape index (κ3) is 3.66. The van der Waals surface area contributed by atoms with Gasteiger partial charge in [-0.1, -0.05) is 51.3 Å². The lowest BCUT2D eigenvalue weighted by Crippen LogP contribution is -2.30. The molecule has 0 saturated carbocycles. The Balaban J connectivity index is 2.28. The highest BCUT2D eigenvalue weighted by Crippen LogP contribution is 2.24. The first kappa shape index (κ1) is 15.2. The summed E-state index contributed by atoms with van der Waals surface area (Å²) in [4.78, 5) is 0. The Morgan fingerprint density at radius 2 is 1.80 bits per heavy atom. The molecule has 0 aliphatic carbocycles. The molecule has 106 valence electrons. The van der Waals surface area contributed by atoms with Crippen molar-refractivity contribution >= 4 is 15.9 Å². The van der Waals surface area contributed by atoms with Crippen molar-refractivity contribution < 1.29 is 4.39 Å². The van der Waals surface area contributed by atoms with Crippen LogP contribution in [0.15, 0.2) is 40.9 Å². The first-order valence-corrected chi connectivity index (χ1v) is 7.27. The fourth-order valence-electron chi connectivity index (χ4n) is 2.47. The smallest absolute Gasteiger partial charge is 0.129 e. The number of nitrogens with one attached hydrogen (secondary N) is 1. The lowest BCUT2D eigenvalue weighted by atomic mass is 9.96. The first-order valence-electron chi connectivity index (χ1n) is 6.48. The fourth-order valence-corrected chi connectivity index (χ4v) is 2.80. The van der Waals surface area contributed by atoms with Crippen LogP contribution in [0.2, 0.25) is 0 Å². The van der Waals surface area contributed by atoms with Crippen molar-refractivity contribution in [2.45, 2.75) is 26.3 Å². The van der Waals surface area contributed by atoms with Crippen molar-refractivity contribution in [3.63, 3.8) is 0 Å². The van der Waals surface area contributed by atoms with Gasteiger partial charge in [-0.3, -0.25) is 11.3 Å². The van der Waals surface area contributed by atoms with Crippen molar-refractivity contribution in [2.75, 3.05) is 0 Å². The van der Waals surface area contributed by atoms with Gasteiger partial charge in [0.15, 0.2) is 0 Å². The summed E-state index contributed by atoms with van der Waals surface area (Å²) in [6, 6.07) is 11.1. The molecule has 2 rings (SSSR count). The summed E-state index contributed by atoms with van der Waals surface area (Å²) in [6.45, 7) is 4.11. The van der Waals surface area contributed by atoms with Gasteiger partial charge >= 0.3 is 0 Å². The number of hydrazine groups is 1. The summed E-state index contributed by atoms with van der Waals surface area (Å²) >= 11 is 3.26. The van der Waals surface area contributed by atoms with Crippen molar-refractivity contribution in [3.8, 4) is 0 Å². The molecule has 0 radical (unpaired) electrons. The first-order chi connectivity index (χ1) is 9.49. The molecule has 0 spiro atoms.